The number of hydrogen-bond acceptors (Lipinski definition) is 6. The number of carbonyl (C=O) groups excluding carboxylic acids is 1. The Kier molecular flexibility index (Phi) is 7.89. The Morgan fingerprint density at radius 3 is 2.64 bits per heavy atom. The highest BCUT2D eigenvalue weighted by molar-refractivity contribution is 5.75. The number of cyclic esters (lactones) is 1. The monoisotopic (exact) mass is 389 g/mol. The molecule has 6 nitrogen and oxygen atoms in total. The molecule has 0 bridgehead atoms. The van der Waals surface area contributed by atoms with E-state index in [1.54, 1.807) is 0 Å². The van der Waals surface area contributed by atoms with E-state index in [4.69, 9.17) is 24.7 Å². The molecule has 0 unspecified atom stereocenters. The van der Waals surface area contributed by atoms with E-state index in [0.717, 1.165) is 18.6 Å². The van der Waals surface area contributed by atoms with Crippen LogP contribution >= 0.6 is 0 Å². The molecular formula is C22H31NO5. The summed E-state index contributed by atoms with van der Waals surface area (Å²) in [7, 11) is 0. The van der Waals surface area contributed by atoms with Crippen LogP contribution in [-0.4, -0.2) is 50.1 Å². The molecule has 1 aliphatic heterocycles. The van der Waals surface area contributed by atoms with Gasteiger partial charge >= 0.3 is 5.97 Å². The zero-order valence-electron chi connectivity index (χ0n) is 16.5. The first-order valence-corrected chi connectivity index (χ1v) is 10.2. The average molecular weight is 389 g/mol. The van der Waals surface area contributed by atoms with Crippen LogP contribution in [0.3, 0.4) is 0 Å². The Bertz CT molecular complexity index is 640. The second kappa shape index (κ2) is 10.6. The van der Waals surface area contributed by atoms with Crippen molar-refractivity contribution in [2.24, 2.45) is 5.73 Å². The van der Waals surface area contributed by atoms with E-state index in [9.17, 15) is 4.79 Å². The van der Waals surface area contributed by atoms with Crippen LogP contribution in [0.4, 0.5) is 0 Å². The van der Waals surface area contributed by atoms with Crippen LogP contribution in [0.2, 0.25) is 0 Å². The summed E-state index contributed by atoms with van der Waals surface area (Å²) in [6.45, 7) is 2.64. The Morgan fingerprint density at radius 1 is 1.14 bits per heavy atom. The van der Waals surface area contributed by atoms with Gasteiger partial charge in [-0.3, -0.25) is 4.79 Å². The highest BCUT2D eigenvalue weighted by Gasteiger charge is 2.35. The molecule has 1 aromatic rings. The summed E-state index contributed by atoms with van der Waals surface area (Å²) in [6.07, 6.45) is 6.85. The first-order valence-electron chi connectivity index (χ1n) is 10.2. The minimum absolute atomic E-state index is 0.0942. The van der Waals surface area contributed by atoms with Crippen molar-refractivity contribution in [3.63, 3.8) is 0 Å². The van der Waals surface area contributed by atoms with Crippen molar-refractivity contribution < 1.29 is 23.7 Å². The van der Waals surface area contributed by atoms with E-state index in [1.165, 1.54) is 24.8 Å². The van der Waals surface area contributed by atoms with Crippen molar-refractivity contribution in [2.45, 2.75) is 63.4 Å². The van der Waals surface area contributed by atoms with Gasteiger partial charge in [0.25, 0.3) is 0 Å². The number of rotatable bonds is 5. The van der Waals surface area contributed by atoms with Crippen molar-refractivity contribution >= 4 is 5.97 Å². The van der Waals surface area contributed by atoms with Crippen LogP contribution in [-0.2, 0) is 19.0 Å². The van der Waals surface area contributed by atoms with E-state index < -0.39 is 30.3 Å². The molecule has 4 atom stereocenters. The minimum atomic E-state index is -0.803. The van der Waals surface area contributed by atoms with E-state index in [0.29, 0.717) is 6.61 Å². The lowest BCUT2D eigenvalue weighted by atomic mass is 9.95. The largest absolute Gasteiger partial charge is 0.485 e. The molecule has 154 valence electrons. The van der Waals surface area contributed by atoms with Crippen LogP contribution in [0.1, 0.15) is 39.0 Å². The highest BCUT2D eigenvalue weighted by Crippen LogP contribution is 2.23. The molecular weight excluding hydrogens is 358 g/mol. The van der Waals surface area contributed by atoms with Gasteiger partial charge < -0.3 is 24.7 Å². The van der Waals surface area contributed by atoms with Crippen LogP contribution < -0.4 is 10.5 Å². The summed E-state index contributed by atoms with van der Waals surface area (Å²) in [4.78, 5) is 12.1. The van der Waals surface area contributed by atoms with Gasteiger partial charge in [-0.2, -0.15) is 0 Å². The molecule has 0 aromatic heterocycles. The first kappa shape index (κ1) is 20.8. The fourth-order valence-corrected chi connectivity index (χ4v) is 3.62. The van der Waals surface area contributed by atoms with E-state index >= 15 is 0 Å². The van der Waals surface area contributed by atoms with Crippen molar-refractivity contribution in [1.82, 2.24) is 0 Å². The molecule has 1 heterocycles. The lowest BCUT2D eigenvalue weighted by molar-refractivity contribution is -0.160. The Morgan fingerprint density at radius 2 is 1.89 bits per heavy atom. The summed E-state index contributed by atoms with van der Waals surface area (Å²) in [5, 5.41) is 0. The Labute approximate surface area is 167 Å². The van der Waals surface area contributed by atoms with Gasteiger partial charge in [-0.25, -0.2) is 0 Å². The molecule has 28 heavy (non-hydrogen) atoms. The molecule has 2 fully saturated rings. The van der Waals surface area contributed by atoms with Crippen molar-refractivity contribution in [3.05, 3.63) is 42.0 Å². The number of para-hydroxylation sites is 1. The second-order valence-corrected chi connectivity index (χ2v) is 7.48. The number of benzene rings is 1. The van der Waals surface area contributed by atoms with Gasteiger partial charge in [0.15, 0.2) is 6.10 Å². The third kappa shape index (κ3) is 6.06. The first-order chi connectivity index (χ1) is 13.6. The molecule has 1 saturated heterocycles. The zero-order chi connectivity index (χ0) is 19.8. The third-order valence-electron chi connectivity index (χ3n) is 5.20. The molecule has 6 heteroatoms. The molecule has 2 aliphatic rings. The van der Waals surface area contributed by atoms with Crippen molar-refractivity contribution in [3.8, 4) is 5.75 Å². The molecule has 3 rings (SSSR count). The average Bonchev–Trinajstić information content (AvgIpc) is 2.75. The van der Waals surface area contributed by atoms with Crippen LogP contribution in [0, 0.1) is 0 Å². The van der Waals surface area contributed by atoms with Crippen LogP contribution in [0.15, 0.2) is 42.0 Å². The molecule has 0 spiro atoms. The third-order valence-corrected chi connectivity index (χ3v) is 5.20. The lowest BCUT2D eigenvalue weighted by Gasteiger charge is -2.30. The van der Waals surface area contributed by atoms with Crippen LogP contribution in [0.25, 0.3) is 0 Å². The van der Waals surface area contributed by atoms with Gasteiger partial charge in [-0.15, -0.1) is 0 Å². The van der Waals surface area contributed by atoms with Gasteiger partial charge in [0.2, 0.25) is 0 Å². The number of carbonyl (C=O) groups is 1. The molecule has 1 aromatic carbocycles. The number of nitrogens with two attached hydrogens (primary N) is 1. The fourth-order valence-electron chi connectivity index (χ4n) is 3.62. The van der Waals surface area contributed by atoms with E-state index in [1.807, 2.05) is 37.3 Å². The quantitative estimate of drug-likeness (QED) is 0.616. The Balaban J connectivity index is 1.72. The number of ether oxygens (including phenoxy) is 4. The maximum absolute atomic E-state index is 12.1. The van der Waals surface area contributed by atoms with E-state index in [-0.39, 0.29) is 13.2 Å². The molecule has 1 aliphatic carbocycles. The molecule has 1 saturated carbocycles. The normalized spacial score (nSPS) is 29.2. The summed E-state index contributed by atoms with van der Waals surface area (Å²) in [5.74, 6) is 0.240. The summed E-state index contributed by atoms with van der Waals surface area (Å²) < 4.78 is 23.5. The Hall–Kier alpha value is -1.89. The SMILES string of the molecule is C[C@@H]1OC(=O)[C@@H](N)COC[C@H](Oc2ccccc2)[C@H]1OCC=C1CCCCC1. The highest BCUT2D eigenvalue weighted by atomic mass is 16.6. The number of esters is 1. The molecule has 0 radical (unpaired) electrons. The summed E-state index contributed by atoms with van der Waals surface area (Å²) >= 11 is 0. The predicted octanol–water partition coefficient (Wildman–Crippen LogP) is 3.00. The van der Waals surface area contributed by atoms with Gasteiger partial charge in [0.05, 0.1) is 19.8 Å². The molecule has 0 amide bonds. The standard InChI is InChI=1S/C22H31NO5/c1-16-21(26-13-12-17-8-4-2-5-9-17)20(28-18-10-6-3-7-11-18)15-25-14-19(23)22(24)27-16/h3,6-7,10-12,16,19-21H,2,4-5,8-9,13-15,23H2,1H3/t16-,19-,20-,21-/m0/s1. The van der Waals surface area contributed by atoms with Gasteiger partial charge in [0, 0.05) is 0 Å². The van der Waals surface area contributed by atoms with Gasteiger partial charge in [-0.05, 0) is 44.7 Å². The summed E-state index contributed by atoms with van der Waals surface area (Å²) in [6, 6.07) is 8.72. The number of allylic oxidation sites excluding steroid dienone is 1. The topological polar surface area (TPSA) is 80.0 Å². The minimum Gasteiger partial charge on any atom is -0.485 e. The second-order valence-electron chi connectivity index (χ2n) is 7.48. The predicted molar refractivity (Wildman–Crippen MR) is 106 cm³/mol. The zero-order valence-corrected chi connectivity index (χ0v) is 16.5. The van der Waals surface area contributed by atoms with Gasteiger partial charge in [-0.1, -0.05) is 36.3 Å². The molecule has 2 N–H and O–H groups in total. The number of hydrogen-bond donors (Lipinski definition) is 1. The smallest absolute Gasteiger partial charge is 0.325 e. The van der Waals surface area contributed by atoms with Crippen LogP contribution in [0.5, 0.6) is 5.75 Å². The maximum Gasteiger partial charge on any atom is 0.325 e. The maximum atomic E-state index is 12.1. The summed E-state index contributed by atoms with van der Waals surface area (Å²) in [5.41, 5.74) is 7.27. The van der Waals surface area contributed by atoms with Gasteiger partial charge in [0.1, 0.15) is 24.0 Å². The lowest BCUT2D eigenvalue weighted by Crippen LogP contribution is -2.46. The fraction of sp³-hybridized carbons (Fsp3) is 0.591. The van der Waals surface area contributed by atoms with Crippen molar-refractivity contribution in [1.29, 1.82) is 0 Å². The van der Waals surface area contributed by atoms with E-state index in [2.05, 4.69) is 6.08 Å². The van der Waals surface area contributed by atoms with Crippen molar-refractivity contribution in [2.75, 3.05) is 19.8 Å².